The van der Waals surface area contributed by atoms with Crippen LogP contribution in [0.3, 0.4) is 0 Å². The second-order valence-electron chi connectivity index (χ2n) is 6.00. The lowest BCUT2D eigenvalue weighted by atomic mass is 10.2. The number of anilines is 1. The van der Waals surface area contributed by atoms with E-state index in [9.17, 15) is 18.0 Å². The lowest BCUT2D eigenvalue weighted by Gasteiger charge is -2.16. The van der Waals surface area contributed by atoms with Crippen LogP contribution in [0.1, 0.15) is 41.6 Å². The molecule has 0 radical (unpaired) electrons. The third-order valence-electron chi connectivity index (χ3n) is 4.14. The number of hydrogen-bond donors (Lipinski definition) is 2. The van der Waals surface area contributed by atoms with Crippen molar-refractivity contribution in [3.05, 3.63) is 53.7 Å². The van der Waals surface area contributed by atoms with Crippen molar-refractivity contribution in [1.29, 1.82) is 0 Å². The molecule has 3 rings (SSSR count). The first-order chi connectivity index (χ1) is 12.4. The molecule has 0 atom stereocenters. The van der Waals surface area contributed by atoms with Crippen LogP contribution in [-0.4, -0.2) is 16.1 Å². The van der Waals surface area contributed by atoms with Crippen molar-refractivity contribution in [1.82, 2.24) is 10.4 Å². The predicted molar refractivity (Wildman–Crippen MR) is 94.9 cm³/mol. The molecule has 0 saturated heterocycles. The van der Waals surface area contributed by atoms with E-state index in [-0.39, 0.29) is 5.69 Å². The fourth-order valence-corrected chi connectivity index (χ4v) is 4.15. The van der Waals surface area contributed by atoms with Crippen LogP contribution in [0.25, 0.3) is 0 Å². The smallest absolute Gasteiger partial charge is 0.298 e. The van der Waals surface area contributed by atoms with E-state index < -0.39 is 17.6 Å². The minimum Gasteiger partial charge on any atom is -0.298 e. The van der Waals surface area contributed by atoms with Gasteiger partial charge in [0.2, 0.25) is 0 Å². The quantitative estimate of drug-likeness (QED) is 0.724. The van der Waals surface area contributed by atoms with Gasteiger partial charge in [-0.1, -0.05) is 25.0 Å². The van der Waals surface area contributed by atoms with Crippen molar-refractivity contribution in [2.45, 2.75) is 42.1 Å². The monoisotopic (exact) mass is 381 g/mol. The van der Waals surface area contributed by atoms with E-state index in [1.165, 1.54) is 31.0 Å². The van der Waals surface area contributed by atoms with Crippen molar-refractivity contribution in [2.75, 3.05) is 5.43 Å². The number of amides is 1. The van der Waals surface area contributed by atoms with E-state index >= 15 is 0 Å². The standard InChI is InChI=1S/C18H18F3N3OS/c19-18(20,21)14-9-3-4-10-15(14)23-24-16(25)13-8-5-11-22-17(13)26-12-6-1-2-7-12/h3-5,8-12,23H,1-2,6-7H2,(H,24,25). The van der Waals surface area contributed by atoms with E-state index in [0.29, 0.717) is 15.8 Å². The van der Waals surface area contributed by atoms with E-state index in [4.69, 9.17) is 0 Å². The Morgan fingerprint density at radius 1 is 1.12 bits per heavy atom. The number of halogens is 3. The number of nitrogens with one attached hydrogen (secondary N) is 2. The normalized spacial score (nSPS) is 15.0. The van der Waals surface area contributed by atoms with E-state index in [2.05, 4.69) is 15.8 Å². The average Bonchev–Trinajstić information content (AvgIpc) is 3.13. The number of para-hydroxylation sites is 1. The number of hydrazine groups is 1. The first kappa shape index (κ1) is 18.6. The number of rotatable bonds is 5. The topological polar surface area (TPSA) is 54.0 Å². The first-order valence-corrected chi connectivity index (χ1v) is 9.17. The fraction of sp³-hybridized carbons (Fsp3) is 0.333. The van der Waals surface area contributed by atoms with Gasteiger partial charge in [-0.2, -0.15) is 13.2 Å². The molecule has 0 aliphatic heterocycles. The summed E-state index contributed by atoms with van der Waals surface area (Å²) in [5.74, 6) is -0.518. The second kappa shape index (κ2) is 7.99. The summed E-state index contributed by atoms with van der Waals surface area (Å²) in [6.45, 7) is 0. The molecule has 0 spiro atoms. The van der Waals surface area contributed by atoms with Gasteiger partial charge in [0.25, 0.3) is 5.91 Å². The molecule has 2 aromatic rings. The highest BCUT2D eigenvalue weighted by atomic mass is 32.2. The van der Waals surface area contributed by atoms with Crippen molar-refractivity contribution >= 4 is 23.4 Å². The van der Waals surface area contributed by atoms with Crippen molar-refractivity contribution < 1.29 is 18.0 Å². The molecule has 138 valence electrons. The number of hydrogen-bond acceptors (Lipinski definition) is 4. The van der Waals surface area contributed by atoms with Gasteiger partial charge < -0.3 is 0 Å². The second-order valence-corrected chi connectivity index (χ2v) is 7.29. The van der Waals surface area contributed by atoms with Crippen molar-refractivity contribution in [3.63, 3.8) is 0 Å². The molecule has 1 heterocycles. The molecular weight excluding hydrogens is 363 g/mol. The number of aromatic nitrogens is 1. The number of alkyl halides is 3. The Hall–Kier alpha value is -2.22. The van der Waals surface area contributed by atoms with Crippen LogP contribution in [-0.2, 0) is 6.18 Å². The van der Waals surface area contributed by atoms with E-state index in [0.717, 1.165) is 18.9 Å². The third-order valence-corrected chi connectivity index (χ3v) is 5.49. The van der Waals surface area contributed by atoms with Gasteiger partial charge in [0.05, 0.1) is 16.8 Å². The third kappa shape index (κ3) is 4.49. The minimum atomic E-state index is -4.51. The zero-order valence-corrected chi connectivity index (χ0v) is 14.7. The molecule has 0 bridgehead atoms. The summed E-state index contributed by atoms with van der Waals surface area (Å²) in [6, 6.07) is 8.25. The maximum Gasteiger partial charge on any atom is 0.418 e. The highest BCUT2D eigenvalue weighted by molar-refractivity contribution is 7.99. The Balaban J connectivity index is 1.71. The Morgan fingerprint density at radius 2 is 1.85 bits per heavy atom. The van der Waals surface area contributed by atoms with Gasteiger partial charge in [-0.15, -0.1) is 11.8 Å². The zero-order chi connectivity index (χ0) is 18.6. The summed E-state index contributed by atoms with van der Waals surface area (Å²) < 4.78 is 39.1. The molecule has 1 aliphatic carbocycles. The van der Waals surface area contributed by atoms with Crippen LogP contribution in [0.4, 0.5) is 18.9 Å². The molecule has 1 amide bonds. The van der Waals surface area contributed by atoms with Crippen LogP contribution in [0.5, 0.6) is 0 Å². The fourth-order valence-electron chi connectivity index (χ4n) is 2.85. The summed E-state index contributed by atoms with van der Waals surface area (Å²) in [5, 5.41) is 1.03. The Bertz CT molecular complexity index is 776. The zero-order valence-electron chi connectivity index (χ0n) is 13.8. The average molecular weight is 381 g/mol. The van der Waals surface area contributed by atoms with Crippen molar-refractivity contribution in [2.24, 2.45) is 0 Å². The van der Waals surface area contributed by atoms with Crippen LogP contribution in [0.2, 0.25) is 0 Å². The highest BCUT2D eigenvalue weighted by Gasteiger charge is 2.33. The van der Waals surface area contributed by atoms with E-state index in [1.807, 2.05) is 0 Å². The molecular formula is C18H18F3N3OS. The lowest BCUT2D eigenvalue weighted by Crippen LogP contribution is -2.31. The predicted octanol–water partition coefficient (Wildman–Crippen LogP) is 4.89. The van der Waals surface area contributed by atoms with Crippen LogP contribution in [0, 0.1) is 0 Å². The summed E-state index contributed by atoms with van der Waals surface area (Å²) in [5.41, 5.74) is 4.03. The summed E-state index contributed by atoms with van der Waals surface area (Å²) >= 11 is 1.56. The maximum atomic E-state index is 13.0. The molecule has 1 aromatic carbocycles. The van der Waals surface area contributed by atoms with Gasteiger partial charge >= 0.3 is 6.18 Å². The van der Waals surface area contributed by atoms with Crippen molar-refractivity contribution in [3.8, 4) is 0 Å². The maximum absolute atomic E-state index is 13.0. The number of nitrogens with zero attached hydrogens (tertiary/aromatic N) is 1. The molecule has 1 saturated carbocycles. The van der Waals surface area contributed by atoms with Gasteiger partial charge in [-0.05, 0) is 37.1 Å². The Morgan fingerprint density at radius 3 is 2.58 bits per heavy atom. The van der Waals surface area contributed by atoms with Crippen LogP contribution >= 0.6 is 11.8 Å². The number of carbonyl (C=O) groups excluding carboxylic acids is 1. The summed E-state index contributed by atoms with van der Waals surface area (Å²) in [4.78, 5) is 16.7. The lowest BCUT2D eigenvalue weighted by molar-refractivity contribution is -0.137. The van der Waals surface area contributed by atoms with Crippen LogP contribution in [0.15, 0.2) is 47.6 Å². The number of thioether (sulfide) groups is 1. The largest absolute Gasteiger partial charge is 0.418 e. The van der Waals surface area contributed by atoms with Gasteiger partial charge in [-0.25, -0.2) is 4.98 Å². The van der Waals surface area contributed by atoms with Gasteiger partial charge in [0.15, 0.2) is 0 Å². The number of pyridine rings is 1. The first-order valence-electron chi connectivity index (χ1n) is 8.29. The molecule has 1 fully saturated rings. The molecule has 4 nitrogen and oxygen atoms in total. The van der Waals surface area contributed by atoms with Gasteiger partial charge in [0.1, 0.15) is 5.03 Å². The Labute approximate surface area is 153 Å². The number of carbonyl (C=O) groups is 1. The van der Waals surface area contributed by atoms with E-state index in [1.54, 1.807) is 30.1 Å². The molecule has 1 aliphatic rings. The van der Waals surface area contributed by atoms with Crippen LogP contribution < -0.4 is 10.9 Å². The molecule has 26 heavy (non-hydrogen) atoms. The summed E-state index contributed by atoms with van der Waals surface area (Å²) in [7, 11) is 0. The van der Waals surface area contributed by atoms with Gasteiger partial charge in [-0.3, -0.25) is 15.6 Å². The molecule has 2 N–H and O–H groups in total. The number of benzene rings is 1. The minimum absolute atomic E-state index is 0.206. The Kier molecular flexibility index (Phi) is 5.70. The van der Waals surface area contributed by atoms with Gasteiger partial charge in [0, 0.05) is 11.4 Å². The highest BCUT2D eigenvalue weighted by Crippen LogP contribution is 2.36. The molecule has 1 aromatic heterocycles. The molecule has 0 unspecified atom stereocenters. The summed E-state index contributed by atoms with van der Waals surface area (Å²) in [6.07, 6.45) is 1.61. The molecule has 8 heteroatoms. The SMILES string of the molecule is O=C(NNc1ccccc1C(F)(F)F)c1cccnc1SC1CCCC1.